The SMILES string of the molecule is CC(C)n1nccc1NC(=O)c1ccc(OCc2ccccc2)cc1. The van der Waals surface area contributed by atoms with E-state index in [-0.39, 0.29) is 11.9 Å². The Morgan fingerprint density at radius 3 is 2.48 bits per heavy atom. The summed E-state index contributed by atoms with van der Waals surface area (Å²) in [5, 5.41) is 7.10. The van der Waals surface area contributed by atoms with Crippen molar-refractivity contribution in [3.63, 3.8) is 0 Å². The minimum absolute atomic E-state index is 0.169. The van der Waals surface area contributed by atoms with Gasteiger partial charge in [-0.2, -0.15) is 5.10 Å². The lowest BCUT2D eigenvalue weighted by Crippen LogP contribution is -2.16. The van der Waals surface area contributed by atoms with E-state index < -0.39 is 0 Å². The van der Waals surface area contributed by atoms with Gasteiger partial charge >= 0.3 is 0 Å². The fourth-order valence-corrected chi connectivity index (χ4v) is 2.46. The molecule has 0 aliphatic carbocycles. The van der Waals surface area contributed by atoms with E-state index in [1.165, 1.54) is 0 Å². The fraction of sp³-hybridized carbons (Fsp3) is 0.200. The van der Waals surface area contributed by atoms with Crippen LogP contribution in [0.5, 0.6) is 5.75 Å². The molecule has 1 heterocycles. The number of carbonyl (C=O) groups is 1. The van der Waals surface area contributed by atoms with Crippen molar-refractivity contribution >= 4 is 11.7 Å². The molecular weight excluding hydrogens is 314 g/mol. The molecule has 0 aliphatic heterocycles. The van der Waals surface area contributed by atoms with Crippen LogP contribution in [0.4, 0.5) is 5.82 Å². The van der Waals surface area contributed by atoms with Crippen molar-refractivity contribution in [2.75, 3.05) is 5.32 Å². The van der Waals surface area contributed by atoms with Crippen LogP contribution in [0.3, 0.4) is 0 Å². The standard InChI is InChI=1S/C20H21N3O2/c1-15(2)23-19(12-13-21-23)22-20(24)17-8-10-18(11-9-17)25-14-16-6-4-3-5-7-16/h3-13,15H,14H2,1-2H3,(H,22,24). The number of benzene rings is 2. The van der Waals surface area contributed by atoms with Gasteiger partial charge in [0.1, 0.15) is 18.2 Å². The number of nitrogens with one attached hydrogen (secondary N) is 1. The van der Waals surface area contributed by atoms with Crippen molar-refractivity contribution in [3.8, 4) is 5.75 Å². The summed E-state index contributed by atoms with van der Waals surface area (Å²) in [6.45, 7) is 4.53. The molecule has 0 unspecified atom stereocenters. The van der Waals surface area contributed by atoms with Gasteiger partial charge in [0.15, 0.2) is 0 Å². The van der Waals surface area contributed by atoms with E-state index in [0.717, 1.165) is 11.3 Å². The second-order valence-electron chi connectivity index (χ2n) is 6.01. The Kier molecular flexibility index (Phi) is 5.14. The Morgan fingerprint density at radius 2 is 1.80 bits per heavy atom. The van der Waals surface area contributed by atoms with Crippen molar-refractivity contribution in [1.82, 2.24) is 9.78 Å². The highest BCUT2D eigenvalue weighted by Gasteiger charge is 2.11. The molecule has 1 aromatic heterocycles. The lowest BCUT2D eigenvalue weighted by Gasteiger charge is -2.12. The largest absolute Gasteiger partial charge is 0.489 e. The molecule has 3 aromatic rings. The minimum atomic E-state index is -0.169. The number of nitrogens with zero attached hydrogens (tertiary/aromatic N) is 2. The fourth-order valence-electron chi connectivity index (χ4n) is 2.46. The summed E-state index contributed by atoms with van der Waals surface area (Å²) in [7, 11) is 0. The zero-order valence-corrected chi connectivity index (χ0v) is 14.3. The lowest BCUT2D eigenvalue weighted by molar-refractivity contribution is 0.102. The van der Waals surface area contributed by atoms with Gasteiger partial charge in [-0.25, -0.2) is 4.68 Å². The van der Waals surface area contributed by atoms with Gasteiger partial charge < -0.3 is 10.1 Å². The van der Waals surface area contributed by atoms with Crippen LogP contribution in [0.2, 0.25) is 0 Å². The Hall–Kier alpha value is -3.08. The topological polar surface area (TPSA) is 56.2 Å². The van der Waals surface area contributed by atoms with Crippen LogP contribution in [0.1, 0.15) is 35.8 Å². The summed E-state index contributed by atoms with van der Waals surface area (Å²) in [4.78, 5) is 12.4. The second-order valence-corrected chi connectivity index (χ2v) is 6.01. The quantitative estimate of drug-likeness (QED) is 0.731. The van der Waals surface area contributed by atoms with Crippen LogP contribution in [0.15, 0.2) is 66.9 Å². The second kappa shape index (κ2) is 7.66. The molecule has 0 spiro atoms. The maximum atomic E-state index is 12.4. The van der Waals surface area contributed by atoms with E-state index >= 15 is 0 Å². The number of amides is 1. The van der Waals surface area contributed by atoms with Crippen LogP contribution in [0.25, 0.3) is 0 Å². The number of anilines is 1. The highest BCUT2D eigenvalue weighted by Crippen LogP contribution is 2.17. The Morgan fingerprint density at radius 1 is 1.08 bits per heavy atom. The summed E-state index contributed by atoms with van der Waals surface area (Å²) in [5.74, 6) is 1.24. The smallest absolute Gasteiger partial charge is 0.256 e. The van der Waals surface area contributed by atoms with Crippen molar-refractivity contribution in [1.29, 1.82) is 0 Å². The van der Waals surface area contributed by atoms with Crippen LogP contribution in [-0.2, 0) is 6.61 Å². The van der Waals surface area contributed by atoms with Crippen LogP contribution in [0, 0.1) is 0 Å². The van der Waals surface area contributed by atoms with E-state index in [4.69, 9.17) is 4.74 Å². The molecule has 0 saturated heterocycles. The first kappa shape index (κ1) is 16.8. The monoisotopic (exact) mass is 335 g/mol. The molecule has 128 valence electrons. The summed E-state index contributed by atoms with van der Waals surface area (Å²) in [5.41, 5.74) is 1.68. The molecule has 0 bridgehead atoms. The maximum absolute atomic E-state index is 12.4. The third kappa shape index (κ3) is 4.26. The summed E-state index contributed by atoms with van der Waals surface area (Å²) in [6.07, 6.45) is 1.68. The van der Waals surface area contributed by atoms with E-state index in [1.807, 2.05) is 44.2 Å². The first-order valence-corrected chi connectivity index (χ1v) is 8.25. The number of aromatic nitrogens is 2. The third-order valence-electron chi connectivity index (χ3n) is 3.77. The van der Waals surface area contributed by atoms with Gasteiger partial charge in [0.05, 0.1) is 6.20 Å². The zero-order valence-electron chi connectivity index (χ0n) is 14.3. The maximum Gasteiger partial charge on any atom is 0.256 e. The average Bonchev–Trinajstić information content (AvgIpc) is 3.09. The van der Waals surface area contributed by atoms with Gasteiger partial charge in [-0.1, -0.05) is 30.3 Å². The summed E-state index contributed by atoms with van der Waals surface area (Å²) < 4.78 is 7.51. The van der Waals surface area contributed by atoms with Crippen molar-refractivity contribution in [3.05, 3.63) is 78.0 Å². The van der Waals surface area contributed by atoms with Crippen LogP contribution >= 0.6 is 0 Å². The molecular formula is C20H21N3O2. The van der Waals surface area contributed by atoms with E-state index in [9.17, 15) is 4.79 Å². The number of hydrogen-bond acceptors (Lipinski definition) is 3. The van der Waals surface area contributed by atoms with Gasteiger partial charge in [0, 0.05) is 17.7 Å². The molecule has 1 amide bonds. The number of rotatable bonds is 6. The molecule has 5 heteroatoms. The van der Waals surface area contributed by atoms with Gasteiger partial charge in [0.2, 0.25) is 0 Å². The molecule has 0 fully saturated rings. The third-order valence-corrected chi connectivity index (χ3v) is 3.77. The first-order valence-electron chi connectivity index (χ1n) is 8.25. The normalized spacial score (nSPS) is 10.7. The van der Waals surface area contributed by atoms with Gasteiger partial charge in [-0.05, 0) is 43.7 Å². The number of carbonyl (C=O) groups excluding carboxylic acids is 1. The molecule has 2 aromatic carbocycles. The van der Waals surface area contributed by atoms with E-state index in [0.29, 0.717) is 18.0 Å². The molecule has 25 heavy (non-hydrogen) atoms. The van der Waals surface area contributed by atoms with E-state index in [1.54, 1.807) is 41.2 Å². The van der Waals surface area contributed by atoms with Gasteiger partial charge in [0.25, 0.3) is 5.91 Å². The van der Waals surface area contributed by atoms with Crippen molar-refractivity contribution in [2.45, 2.75) is 26.5 Å². The van der Waals surface area contributed by atoms with E-state index in [2.05, 4.69) is 10.4 Å². The Labute approximate surface area is 147 Å². The molecule has 0 radical (unpaired) electrons. The zero-order chi connectivity index (χ0) is 17.6. The van der Waals surface area contributed by atoms with Crippen molar-refractivity contribution < 1.29 is 9.53 Å². The minimum Gasteiger partial charge on any atom is -0.489 e. The molecule has 0 aliphatic rings. The Balaban J connectivity index is 1.61. The first-order chi connectivity index (χ1) is 12.1. The molecule has 0 atom stereocenters. The number of ether oxygens (including phenoxy) is 1. The molecule has 3 rings (SSSR count). The molecule has 0 saturated carbocycles. The van der Waals surface area contributed by atoms with Gasteiger partial charge in [-0.3, -0.25) is 4.79 Å². The van der Waals surface area contributed by atoms with Gasteiger partial charge in [-0.15, -0.1) is 0 Å². The number of hydrogen-bond donors (Lipinski definition) is 1. The highest BCUT2D eigenvalue weighted by atomic mass is 16.5. The lowest BCUT2D eigenvalue weighted by atomic mass is 10.2. The highest BCUT2D eigenvalue weighted by molar-refractivity contribution is 6.03. The predicted molar refractivity (Wildman–Crippen MR) is 97.8 cm³/mol. The summed E-state index contributed by atoms with van der Waals surface area (Å²) >= 11 is 0. The van der Waals surface area contributed by atoms with Crippen LogP contribution in [-0.4, -0.2) is 15.7 Å². The Bertz CT molecular complexity index is 824. The predicted octanol–water partition coefficient (Wildman–Crippen LogP) is 4.30. The van der Waals surface area contributed by atoms with Crippen LogP contribution < -0.4 is 10.1 Å². The summed E-state index contributed by atoms with van der Waals surface area (Å²) in [6, 6.07) is 19.0. The molecule has 5 nitrogen and oxygen atoms in total. The average molecular weight is 335 g/mol. The molecule has 1 N–H and O–H groups in total. The van der Waals surface area contributed by atoms with Crippen molar-refractivity contribution in [2.24, 2.45) is 0 Å².